The van der Waals surface area contributed by atoms with Crippen LogP contribution in [0.3, 0.4) is 0 Å². The third-order valence-electron chi connectivity index (χ3n) is 4.21. The molecule has 18 heavy (non-hydrogen) atoms. The van der Waals surface area contributed by atoms with Crippen LogP contribution >= 0.6 is 0 Å². The quantitative estimate of drug-likeness (QED) is 0.826. The number of anilines is 1. The Morgan fingerprint density at radius 2 is 1.89 bits per heavy atom. The van der Waals surface area contributed by atoms with Crippen LogP contribution in [0, 0.1) is 17.0 Å². The summed E-state index contributed by atoms with van der Waals surface area (Å²) in [7, 11) is 0. The van der Waals surface area contributed by atoms with Gasteiger partial charge in [-0.25, -0.2) is 8.78 Å². The van der Waals surface area contributed by atoms with E-state index in [1.807, 2.05) is 0 Å². The number of hydrogen-bond acceptors (Lipinski definition) is 2. The Kier molecular flexibility index (Phi) is 2.98. The molecule has 2 heterocycles. The van der Waals surface area contributed by atoms with Crippen molar-refractivity contribution in [2.75, 3.05) is 31.1 Å². The van der Waals surface area contributed by atoms with Crippen molar-refractivity contribution in [2.45, 2.75) is 19.3 Å². The first-order valence-electron chi connectivity index (χ1n) is 6.59. The highest BCUT2D eigenvalue weighted by Gasteiger charge is 2.38. The van der Waals surface area contributed by atoms with E-state index in [1.54, 1.807) is 0 Å². The molecule has 1 aromatic rings. The lowest BCUT2D eigenvalue weighted by Crippen LogP contribution is -2.44. The van der Waals surface area contributed by atoms with E-state index < -0.39 is 11.6 Å². The van der Waals surface area contributed by atoms with Crippen molar-refractivity contribution in [1.82, 2.24) is 5.32 Å². The van der Waals surface area contributed by atoms with Crippen molar-refractivity contribution >= 4 is 5.69 Å². The van der Waals surface area contributed by atoms with E-state index in [-0.39, 0.29) is 0 Å². The second-order valence-electron chi connectivity index (χ2n) is 5.58. The number of hydrogen-bond donors (Lipinski definition) is 1. The predicted molar refractivity (Wildman–Crippen MR) is 67.7 cm³/mol. The highest BCUT2D eigenvalue weighted by atomic mass is 19.1. The van der Waals surface area contributed by atoms with E-state index in [1.165, 1.54) is 25.0 Å². The van der Waals surface area contributed by atoms with Crippen LogP contribution in [0.2, 0.25) is 0 Å². The molecule has 4 heteroatoms. The maximum atomic E-state index is 13.3. The Hall–Kier alpha value is -1.16. The molecule has 98 valence electrons. The van der Waals surface area contributed by atoms with Crippen molar-refractivity contribution in [2.24, 2.45) is 5.41 Å². The van der Waals surface area contributed by atoms with Crippen LogP contribution in [0.1, 0.15) is 19.3 Å². The fraction of sp³-hybridized carbons (Fsp3) is 0.571. The van der Waals surface area contributed by atoms with Crippen LogP contribution < -0.4 is 10.2 Å². The summed E-state index contributed by atoms with van der Waals surface area (Å²) in [6.45, 7) is 3.89. The van der Waals surface area contributed by atoms with Crippen molar-refractivity contribution < 1.29 is 8.78 Å². The first kappa shape index (κ1) is 11.9. The topological polar surface area (TPSA) is 15.3 Å². The Labute approximate surface area is 106 Å². The standard InChI is InChI=1S/C14H18F2N2/c15-11-6-12(16)8-13(7-11)18-5-1-2-14(10-18)3-4-17-9-14/h6-8,17H,1-5,9-10H2. The Bertz CT molecular complexity index is 421. The summed E-state index contributed by atoms with van der Waals surface area (Å²) in [4.78, 5) is 2.13. The fourth-order valence-corrected chi connectivity index (χ4v) is 3.29. The molecular weight excluding hydrogens is 234 g/mol. The van der Waals surface area contributed by atoms with E-state index in [0.717, 1.165) is 38.7 Å². The van der Waals surface area contributed by atoms with Gasteiger partial charge in [-0.1, -0.05) is 0 Å². The van der Waals surface area contributed by atoms with E-state index in [2.05, 4.69) is 10.2 Å². The van der Waals surface area contributed by atoms with Gasteiger partial charge in [0.05, 0.1) is 0 Å². The highest BCUT2D eigenvalue weighted by molar-refractivity contribution is 5.47. The van der Waals surface area contributed by atoms with Crippen LogP contribution in [0.5, 0.6) is 0 Å². The smallest absolute Gasteiger partial charge is 0.128 e. The summed E-state index contributed by atoms with van der Waals surface area (Å²) in [5, 5.41) is 3.40. The van der Waals surface area contributed by atoms with Crippen molar-refractivity contribution in [1.29, 1.82) is 0 Å². The average molecular weight is 252 g/mol. The molecule has 2 fully saturated rings. The monoisotopic (exact) mass is 252 g/mol. The molecule has 3 rings (SSSR count). The lowest BCUT2D eigenvalue weighted by Gasteiger charge is -2.41. The molecule has 0 saturated carbocycles. The molecule has 2 aliphatic rings. The molecule has 2 saturated heterocycles. The molecule has 1 unspecified atom stereocenters. The zero-order chi connectivity index (χ0) is 12.6. The largest absolute Gasteiger partial charge is 0.371 e. The Balaban J connectivity index is 1.83. The van der Waals surface area contributed by atoms with Crippen LogP contribution in [0.15, 0.2) is 18.2 Å². The molecule has 0 aromatic heterocycles. The first-order valence-corrected chi connectivity index (χ1v) is 6.59. The van der Waals surface area contributed by atoms with Gasteiger partial charge in [0, 0.05) is 36.8 Å². The molecule has 1 aromatic carbocycles. The third kappa shape index (κ3) is 2.21. The molecule has 0 bridgehead atoms. The van der Waals surface area contributed by atoms with E-state index in [0.29, 0.717) is 11.1 Å². The predicted octanol–water partition coefficient (Wildman–Crippen LogP) is 2.54. The lowest BCUT2D eigenvalue weighted by molar-refractivity contribution is 0.260. The van der Waals surface area contributed by atoms with Gasteiger partial charge >= 0.3 is 0 Å². The number of rotatable bonds is 1. The second-order valence-corrected chi connectivity index (χ2v) is 5.58. The van der Waals surface area contributed by atoms with Crippen LogP contribution in [-0.2, 0) is 0 Å². The number of piperidine rings is 1. The highest BCUT2D eigenvalue weighted by Crippen LogP contribution is 2.37. The average Bonchev–Trinajstić information content (AvgIpc) is 2.76. The van der Waals surface area contributed by atoms with E-state index in [9.17, 15) is 8.78 Å². The molecule has 1 atom stereocenters. The number of benzene rings is 1. The minimum Gasteiger partial charge on any atom is -0.371 e. The number of nitrogens with zero attached hydrogens (tertiary/aromatic N) is 1. The molecule has 1 spiro atoms. The summed E-state index contributed by atoms with van der Waals surface area (Å²) in [5.74, 6) is -0.983. The maximum absolute atomic E-state index is 13.3. The SMILES string of the molecule is Fc1cc(F)cc(N2CCCC3(CCNC3)C2)c1. The number of nitrogens with one attached hydrogen (secondary N) is 1. The second kappa shape index (κ2) is 4.50. The maximum Gasteiger partial charge on any atom is 0.128 e. The van der Waals surface area contributed by atoms with Gasteiger partial charge in [0.25, 0.3) is 0 Å². The van der Waals surface area contributed by atoms with E-state index in [4.69, 9.17) is 0 Å². The van der Waals surface area contributed by atoms with Gasteiger partial charge in [-0.15, -0.1) is 0 Å². The van der Waals surface area contributed by atoms with Crippen LogP contribution in [0.25, 0.3) is 0 Å². The number of halogens is 2. The Morgan fingerprint density at radius 3 is 2.56 bits per heavy atom. The molecule has 0 radical (unpaired) electrons. The van der Waals surface area contributed by atoms with Crippen molar-refractivity contribution in [3.8, 4) is 0 Å². The zero-order valence-electron chi connectivity index (χ0n) is 10.4. The molecule has 2 nitrogen and oxygen atoms in total. The van der Waals surface area contributed by atoms with E-state index >= 15 is 0 Å². The van der Waals surface area contributed by atoms with Crippen molar-refractivity contribution in [3.63, 3.8) is 0 Å². The van der Waals surface area contributed by atoms with Gasteiger partial charge in [-0.05, 0) is 37.9 Å². The van der Waals surface area contributed by atoms with Gasteiger partial charge in [-0.3, -0.25) is 0 Å². The summed E-state index contributed by atoms with van der Waals surface area (Å²) in [5.41, 5.74) is 0.986. The molecule has 0 aliphatic carbocycles. The summed E-state index contributed by atoms with van der Waals surface area (Å²) < 4.78 is 26.5. The molecular formula is C14H18F2N2. The molecule has 0 amide bonds. The molecule has 1 N–H and O–H groups in total. The van der Waals surface area contributed by atoms with Gasteiger partial charge in [0.15, 0.2) is 0 Å². The van der Waals surface area contributed by atoms with Gasteiger partial charge < -0.3 is 10.2 Å². The third-order valence-corrected chi connectivity index (χ3v) is 4.21. The minimum atomic E-state index is -0.492. The van der Waals surface area contributed by atoms with Gasteiger partial charge in [0.2, 0.25) is 0 Å². The Morgan fingerprint density at radius 1 is 1.11 bits per heavy atom. The van der Waals surface area contributed by atoms with Gasteiger partial charge in [-0.2, -0.15) is 0 Å². The lowest BCUT2D eigenvalue weighted by atomic mass is 9.79. The normalized spacial score (nSPS) is 28.0. The first-order chi connectivity index (χ1) is 8.67. The summed E-state index contributed by atoms with van der Waals surface area (Å²) in [6, 6.07) is 3.80. The summed E-state index contributed by atoms with van der Waals surface area (Å²) >= 11 is 0. The summed E-state index contributed by atoms with van der Waals surface area (Å²) in [6.07, 6.45) is 3.48. The van der Waals surface area contributed by atoms with Crippen LogP contribution in [-0.4, -0.2) is 26.2 Å². The van der Waals surface area contributed by atoms with Gasteiger partial charge in [0.1, 0.15) is 11.6 Å². The minimum absolute atomic E-state index is 0.307. The zero-order valence-corrected chi connectivity index (χ0v) is 10.4. The molecule has 2 aliphatic heterocycles. The fourth-order valence-electron chi connectivity index (χ4n) is 3.29. The van der Waals surface area contributed by atoms with Crippen molar-refractivity contribution in [3.05, 3.63) is 29.8 Å². The van der Waals surface area contributed by atoms with Crippen LogP contribution in [0.4, 0.5) is 14.5 Å².